The molecule has 5 rings (SSSR count). The van der Waals surface area contributed by atoms with E-state index >= 15 is 0 Å². The summed E-state index contributed by atoms with van der Waals surface area (Å²) in [6.45, 7) is 0.683. The molecule has 2 amide bonds. The Balaban J connectivity index is 1.24. The Morgan fingerprint density at radius 1 is 0.975 bits per heavy atom. The molecule has 0 radical (unpaired) electrons. The summed E-state index contributed by atoms with van der Waals surface area (Å²) in [5.74, 6) is 0.0362. The van der Waals surface area contributed by atoms with Crippen LogP contribution in [-0.2, 0) is 22.6 Å². The Labute approximate surface area is 233 Å². The highest BCUT2D eigenvalue weighted by atomic mass is 19.1. The van der Waals surface area contributed by atoms with Crippen molar-refractivity contribution in [1.29, 1.82) is 0 Å². The lowest BCUT2D eigenvalue weighted by molar-refractivity contribution is -0.128. The second-order valence-corrected chi connectivity index (χ2v) is 10.4. The van der Waals surface area contributed by atoms with Crippen LogP contribution in [0.2, 0.25) is 0 Å². The lowest BCUT2D eigenvalue weighted by Gasteiger charge is -2.31. The number of benzene rings is 3. The molecule has 0 aliphatic heterocycles. The van der Waals surface area contributed by atoms with E-state index in [9.17, 15) is 19.1 Å². The van der Waals surface area contributed by atoms with Crippen LogP contribution >= 0.6 is 0 Å². The van der Waals surface area contributed by atoms with Crippen LogP contribution in [0, 0.1) is 11.7 Å². The Kier molecular flexibility index (Phi) is 8.86. The van der Waals surface area contributed by atoms with E-state index in [-0.39, 0.29) is 42.6 Å². The summed E-state index contributed by atoms with van der Waals surface area (Å²) < 4.78 is 15.3. The molecule has 0 spiro atoms. The molecule has 1 saturated carbocycles. The molecule has 0 unspecified atom stereocenters. The SMILES string of the molecule is O=C(CNC(=O)[C@@H]1CCCC[C@H]1c1ccc(Cn2c(CCCO)nc3ccccc32)cc1)Nc1ccc(F)cc1. The van der Waals surface area contributed by atoms with Gasteiger partial charge in [-0.15, -0.1) is 0 Å². The van der Waals surface area contributed by atoms with Crippen LogP contribution in [0.3, 0.4) is 0 Å². The van der Waals surface area contributed by atoms with E-state index in [0.717, 1.165) is 53.7 Å². The molecular formula is C32H35FN4O3. The predicted octanol–water partition coefficient (Wildman–Crippen LogP) is 5.18. The molecule has 1 aliphatic carbocycles. The number of hydrogen-bond acceptors (Lipinski definition) is 4. The third-order valence-corrected chi connectivity index (χ3v) is 7.69. The molecule has 4 aromatic rings. The fourth-order valence-electron chi connectivity index (χ4n) is 5.66. The minimum atomic E-state index is -0.374. The normalized spacial score (nSPS) is 17.1. The Morgan fingerprint density at radius 3 is 2.50 bits per heavy atom. The third kappa shape index (κ3) is 6.57. The monoisotopic (exact) mass is 542 g/mol. The molecule has 1 aliphatic rings. The van der Waals surface area contributed by atoms with Gasteiger partial charge in [0, 0.05) is 31.2 Å². The van der Waals surface area contributed by atoms with Crippen molar-refractivity contribution in [1.82, 2.24) is 14.9 Å². The van der Waals surface area contributed by atoms with E-state index in [4.69, 9.17) is 4.98 Å². The minimum absolute atomic E-state index is 0.0946. The van der Waals surface area contributed by atoms with Gasteiger partial charge in [-0.05, 0) is 72.7 Å². The summed E-state index contributed by atoms with van der Waals surface area (Å²) in [4.78, 5) is 30.3. The summed E-state index contributed by atoms with van der Waals surface area (Å²) >= 11 is 0. The average molecular weight is 543 g/mol. The van der Waals surface area contributed by atoms with Crippen molar-refractivity contribution in [2.75, 3.05) is 18.5 Å². The van der Waals surface area contributed by atoms with Gasteiger partial charge in [0.15, 0.2) is 0 Å². The van der Waals surface area contributed by atoms with E-state index in [0.29, 0.717) is 25.1 Å². The highest BCUT2D eigenvalue weighted by molar-refractivity contribution is 5.94. The molecule has 1 heterocycles. The molecule has 3 aromatic carbocycles. The van der Waals surface area contributed by atoms with Gasteiger partial charge in [-0.2, -0.15) is 0 Å². The van der Waals surface area contributed by atoms with Crippen LogP contribution in [0.5, 0.6) is 0 Å². The van der Waals surface area contributed by atoms with Gasteiger partial charge in [-0.3, -0.25) is 9.59 Å². The number of halogens is 1. The number of aromatic nitrogens is 2. The molecule has 8 heteroatoms. The molecule has 1 fully saturated rings. The molecular weight excluding hydrogens is 507 g/mol. The highest BCUT2D eigenvalue weighted by Crippen LogP contribution is 2.38. The number of nitrogens with zero attached hydrogens (tertiary/aromatic N) is 2. The number of amides is 2. The molecule has 2 atom stereocenters. The number of imidazole rings is 1. The fourth-order valence-corrected chi connectivity index (χ4v) is 5.66. The van der Waals surface area contributed by atoms with Gasteiger partial charge in [0.2, 0.25) is 11.8 Å². The number of aliphatic hydroxyl groups is 1. The third-order valence-electron chi connectivity index (χ3n) is 7.69. The number of aryl methyl sites for hydroxylation is 1. The number of carbonyl (C=O) groups is 2. The summed E-state index contributed by atoms with van der Waals surface area (Å²) in [7, 11) is 0. The molecule has 0 saturated heterocycles. The predicted molar refractivity (Wildman–Crippen MR) is 153 cm³/mol. The summed E-state index contributed by atoms with van der Waals surface area (Å²) in [5, 5.41) is 14.8. The number of rotatable bonds is 10. The van der Waals surface area contributed by atoms with Crippen molar-refractivity contribution in [3.63, 3.8) is 0 Å². The van der Waals surface area contributed by atoms with Gasteiger partial charge < -0.3 is 20.3 Å². The molecule has 208 valence electrons. The quantitative estimate of drug-likeness (QED) is 0.257. The zero-order chi connectivity index (χ0) is 27.9. The first-order valence-corrected chi connectivity index (χ1v) is 14.0. The van der Waals surface area contributed by atoms with Gasteiger partial charge in [-0.1, -0.05) is 49.2 Å². The second-order valence-electron chi connectivity index (χ2n) is 10.4. The first-order chi connectivity index (χ1) is 19.5. The van der Waals surface area contributed by atoms with Crippen LogP contribution in [-0.4, -0.2) is 39.6 Å². The van der Waals surface area contributed by atoms with E-state index < -0.39 is 0 Å². The number of anilines is 1. The van der Waals surface area contributed by atoms with Crippen molar-refractivity contribution >= 4 is 28.5 Å². The van der Waals surface area contributed by atoms with Crippen molar-refractivity contribution in [3.8, 4) is 0 Å². The van der Waals surface area contributed by atoms with Crippen LogP contribution < -0.4 is 10.6 Å². The van der Waals surface area contributed by atoms with E-state index in [2.05, 4.69) is 45.5 Å². The van der Waals surface area contributed by atoms with Gasteiger partial charge in [0.05, 0.1) is 17.6 Å². The maximum Gasteiger partial charge on any atom is 0.243 e. The highest BCUT2D eigenvalue weighted by Gasteiger charge is 2.32. The smallest absolute Gasteiger partial charge is 0.243 e. The lowest BCUT2D eigenvalue weighted by atomic mass is 9.75. The zero-order valence-corrected chi connectivity index (χ0v) is 22.5. The average Bonchev–Trinajstić information content (AvgIpc) is 3.33. The Bertz CT molecular complexity index is 1450. The van der Waals surface area contributed by atoms with Crippen LogP contribution in [0.4, 0.5) is 10.1 Å². The molecule has 7 nitrogen and oxygen atoms in total. The molecule has 0 bridgehead atoms. The topological polar surface area (TPSA) is 96.2 Å². The van der Waals surface area contributed by atoms with Crippen LogP contribution in [0.25, 0.3) is 11.0 Å². The van der Waals surface area contributed by atoms with E-state index in [1.54, 1.807) is 0 Å². The van der Waals surface area contributed by atoms with Crippen molar-refractivity contribution in [2.45, 2.75) is 51.0 Å². The standard InChI is InChI=1S/C32H35FN4O3/c33-24-15-17-25(18-16-24)35-31(39)20-34-32(40)27-7-2-1-6-26(27)23-13-11-22(12-14-23)21-37-29-9-4-3-8-28(29)36-30(37)10-5-19-38/h3-4,8-9,11-18,26-27,38H,1-2,5-7,10,19-21H2,(H,34,40)(H,35,39)/t26-,27+/m0/s1. The van der Waals surface area contributed by atoms with Crippen molar-refractivity contribution in [2.24, 2.45) is 5.92 Å². The van der Waals surface area contributed by atoms with Crippen molar-refractivity contribution < 1.29 is 19.1 Å². The molecule has 1 aromatic heterocycles. The van der Waals surface area contributed by atoms with Gasteiger partial charge in [0.1, 0.15) is 11.6 Å². The second kappa shape index (κ2) is 12.9. The van der Waals surface area contributed by atoms with E-state index in [1.807, 2.05) is 18.2 Å². The number of para-hydroxylation sites is 2. The number of hydrogen-bond donors (Lipinski definition) is 3. The van der Waals surface area contributed by atoms with Crippen LogP contribution in [0.1, 0.15) is 55.0 Å². The zero-order valence-electron chi connectivity index (χ0n) is 22.5. The Morgan fingerprint density at radius 2 is 1.73 bits per heavy atom. The van der Waals surface area contributed by atoms with Gasteiger partial charge in [0.25, 0.3) is 0 Å². The first kappa shape index (κ1) is 27.5. The van der Waals surface area contributed by atoms with E-state index in [1.165, 1.54) is 24.3 Å². The van der Waals surface area contributed by atoms with Crippen LogP contribution in [0.15, 0.2) is 72.8 Å². The summed E-state index contributed by atoms with van der Waals surface area (Å²) in [6.07, 6.45) is 5.14. The fraction of sp³-hybridized carbons (Fsp3) is 0.344. The molecule has 40 heavy (non-hydrogen) atoms. The number of aliphatic hydroxyl groups excluding tert-OH is 1. The largest absolute Gasteiger partial charge is 0.396 e. The van der Waals surface area contributed by atoms with Gasteiger partial charge in [-0.25, -0.2) is 9.37 Å². The summed E-state index contributed by atoms with van der Waals surface area (Å²) in [5.41, 5.74) is 4.80. The minimum Gasteiger partial charge on any atom is -0.396 e. The molecule has 3 N–H and O–H groups in total. The van der Waals surface area contributed by atoms with Gasteiger partial charge >= 0.3 is 0 Å². The number of nitrogens with one attached hydrogen (secondary N) is 2. The first-order valence-electron chi connectivity index (χ1n) is 14.0. The lowest BCUT2D eigenvalue weighted by Crippen LogP contribution is -2.39. The summed E-state index contributed by atoms with van der Waals surface area (Å²) in [6, 6.07) is 22.1. The maximum absolute atomic E-state index is 13.1. The number of carbonyl (C=O) groups excluding carboxylic acids is 2. The number of fused-ring (bicyclic) bond motifs is 1. The Hall–Kier alpha value is -4.04. The van der Waals surface area contributed by atoms with Crippen molar-refractivity contribution in [3.05, 3.63) is 95.6 Å². The maximum atomic E-state index is 13.1.